The average molecular weight is 323 g/mol. The highest BCUT2D eigenvalue weighted by molar-refractivity contribution is 7.16. The predicted octanol–water partition coefficient (Wildman–Crippen LogP) is 1.38. The summed E-state index contributed by atoms with van der Waals surface area (Å²) in [5, 5.41) is 2.68. The van der Waals surface area contributed by atoms with Gasteiger partial charge in [-0.1, -0.05) is 11.6 Å². The molecule has 0 unspecified atom stereocenters. The van der Waals surface area contributed by atoms with Gasteiger partial charge in [0.2, 0.25) is 0 Å². The minimum absolute atomic E-state index is 0.703. The van der Waals surface area contributed by atoms with E-state index in [4.69, 9.17) is 23.1 Å². The molecule has 3 rings (SSSR count). The number of aromatic nitrogens is 1. The molecule has 0 aliphatic carbocycles. The standard InChI is InChI=1S/C15H19ClN4S/c1-8-11-10(7-17)13(14(18)20-5-3-4-6-20)21-15(11)19-9(2)12(8)16/h7H,3-6,17-18H2,1-2H3/b10-7-,14-13-. The average Bonchev–Trinajstić information content (AvgIpc) is 3.11. The smallest absolute Gasteiger partial charge is 0.125 e. The summed E-state index contributed by atoms with van der Waals surface area (Å²) >= 11 is 7.94. The van der Waals surface area contributed by atoms with Crippen LogP contribution in [-0.2, 0) is 0 Å². The monoisotopic (exact) mass is 322 g/mol. The Morgan fingerprint density at radius 3 is 2.62 bits per heavy atom. The van der Waals surface area contributed by atoms with E-state index in [1.54, 1.807) is 17.5 Å². The van der Waals surface area contributed by atoms with Gasteiger partial charge in [0.05, 0.1) is 15.2 Å². The van der Waals surface area contributed by atoms with Crippen molar-refractivity contribution in [1.82, 2.24) is 9.88 Å². The number of fused-ring (bicyclic) bond motifs is 1. The van der Waals surface area contributed by atoms with E-state index in [0.717, 1.165) is 50.1 Å². The first-order valence-electron chi connectivity index (χ1n) is 7.06. The maximum atomic E-state index is 6.38. The molecule has 0 radical (unpaired) electrons. The summed E-state index contributed by atoms with van der Waals surface area (Å²) in [6.07, 6.45) is 4.00. The topological polar surface area (TPSA) is 68.2 Å². The van der Waals surface area contributed by atoms with Gasteiger partial charge in [0, 0.05) is 29.9 Å². The first-order chi connectivity index (χ1) is 10.0. The summed E-state index contributed by atoms with van der Waals surface area (Å²) < 4.78 is 1.01. The molecular weight excluding hydrogens is 304 g/mol. The maximum Gasteiger partial charge on any atom is 0.125 e. The Balaban J connectivity index is 2.40. The van der Waals surface area contributed by atoms with Crippen molar-refractivity contribution in [2.45, 2.75) is 26.7 Å². The minimum Gasteiger partial charge on any atom is -0.404 e. The fraction of sp³-hybridized carbons (Fsp3) is 0.400. The van der Waals surface area contributed by atoms with Gasteiger partial charge >= 0.3 is 0 Å². The van der Waals surface area contributed by atoms with Gasteiger partial charge in [0.1, 0.15) is 10.7 Å². The van der Waals surface area contributed by atoms with Crippen molar-refractivity contribution in [2.75, 3.05) is 13.1 Å². The third-order valence-corrected chi connectivity index (χ3v) is 5.74. The summed E-state index contributed by atoms with van der Waals surface area (Å²) in [6, 6.07) is 0. The van der Waals surface area contributed by atoms with Crippen LogP contribution in [0.5, 0.6) is 0 Å². The van der Waals surface area contributed by atoms with E-state index in [1.807, 2.05) is 13.8 Å². The Morgan fingerprint density at radius 1 is 1.33 bits per heavy atom. The van der Waals surface area contributed by atoms with Crippen LogP contribution in [0.1, 0.15) is 24.1 Å². The molecule has 0 spiro atoms. The molecule has 1 aliphatic rings. The molecule has 1 aliphatic heterocycles. The lowest BCUT2D eigenvalue weighted by molar-refractivity contribution is 0.481. The van der Waals surface area contributed by atoms with Gasteiger partial charge in [-0.2, -0.15) is 0 Å². The van der Waals surface area contributed by atoms with Crippen LogP contribution in [0.15, 0.2) is 0 Å². The maximum absolute atomic E-state index is 6.38. The number of hydrogen-bond donors (Lipinski definition) is 2. The highest BCUT2D eigenvalue weighted by Crippen LogP contribution is 2.26. The Kier molecular flexibility index (Phi) is 3.71. The molecule has 0 atom stereocenters. The van der Waals surface area contributed by atoms with E-state index in [-0.39, 0.29) is 0 Å². The molecule has 1 saturated heterocycles. The van der Waals surface area contributed by atoms with Gasteiger partial charge in [0.15, 0.2) is 0 Å². The van der Waals surface area contributed by atoms with E-state index in [9.17, 15) is 0 Å². The van der Waals surface area contributed by atoms with Crippen molar-refractivity contribution < 1.29 is 0 Å². The van der Waals surface area contributed by atoms with Crippen LogP contribution in [0.2, 0.25) is 5.02 Å². The van der Waals surface area contributed by atoms with Crippen LogP contribution < -0.4 is 21.2 Å². The van der Waals surface area contributed by atoms with Crippen molar-refractivity contribution in [1.29, 1.82) is 0 Å². The summed E-state index contributed by atoms with van der Waals surface area (Å²) in [5.74, 6) is 0.806. The first kappa shape index (κ1) is 14.5. The number of hydrogen-bond acceptors (Lipinski definition) is 5. The van der Waals surface area contributed by atoms with Crippen LogP contribution in [0, 0.1) is 13.8 Å². The normalized spacial score (nSPS) is 17.9. The Hall–Kier alpha value is -1.46. The van der Waals surface area contributed by atoms with Crippen LogP contribution in [0.4, 0.5) is 0 Å². The zero-order valence-electron chi connectivity index (χ0n) is 12.2. The number of rotatable bonds is 1. The van der Waals surface area contributed by atoms with Crippen LogP contribution in [-0.4, -0.2) is 23.0 Å². The lowest BCUT2D eigenvalue weighted by atomic mass is 10.1. The van der Waals surface area contributed by atoms with Gasteiger partial charge < -0.3 is 16.4 Å². The number of thiophene rings is 1. The van der Waals surface area contributed by atoms with Crippen LogP contribution in [0.3, 0.4) is 0 Å². The van der Waals surface area contributed by atoms with Crippen LogP contribution in [0.25, 0.3) is 22.2 Å². The molecule has 4 N–H and O–H groups in total. The Morgan fingerprint density at radius 2 is 2.00 bits per heavy atom. The molecule has 4 nitrogen and oxygen atoms in total. The summed E-state index contributed by atoms with van der Waals surface area (Å²) in [5.41, 5.74) is 14.1. The molecule has 21 heavy (non-hydrogen) atoms. The van der Waals surface area contributed by atoms with E-state index in [0.29, 0.717) is 5.02 Å². The quantitative estimate of drug-likeness (QED) is 0.832. The fourth-order valence-corrected chi connectivity index (χ4v) is 4.30. The SMILES string of the molecule is Cc1nc2sc(=C(/N)N3CCCC3)/c(=C\N)c2c(C)c1Cl. The molecule has 0 bridgehead atoms. The second kappa shape index (κ2) is 5.39. The third-order valence-electron chi connectivity index (χ3n) is 4.06. The van der Waals surface area contributed by atoms with Crippen molar-refractivity contribution in [3.63, 3.8) is 0 Å². The van der Waals surface area contributed by atoms with Gasteiger partial charge in [0.25, 0.3) is 0 Å². The molecule has 2 aromatic heterocycles. The highest BCUT2D eigenvalue weighted by atomic mass is 35.5. The molecule has 1 fully saturated rings. The predicted molar refractivity (Wildman–Crippen MR) is 90.4 cm³/mol. The van der Waals surface area contributed by atoms with Gasteiger partial charge in [-0.15, -0.1) is 11.3 Å². The molecule has 0 amide bonds. The summed E-state index contributed by atoms with van der Waals surface area (Å²) in [7, 11) is 0. The van der Waals surface area contributed by atoms with E-state index in [2.05, 4.69) is 9.88 Å². The molecule has 2 aromatic rings. The lowest BCUT2D eigenvalue weighted by Crippen LogP contribution is -2.35. The molecule has 3 heterocycles. The second-order valence-corrected chi connectivity index (χ2v) is 6.78. The van der Waals surface area contributed by atoms with Gasteiger partial charge in [-0.3, -0.25) is 0 Å². The zero-order chi connectivity index (χ0) is 15.1. The van der Waals surface area contributed by atoms with Crippen molar-refractivity contribution in [2.24, 2.45) is 11.5 Å². The van der Waals surface area contributed by atoms with Crippen LogP contribution >= 0.6 is 22.9 Å². The fourth-order valence-electron chi connectivity index (χ4n) is 2.91. The number of pyridine rings is 1. The first-order valence-corrected chi connectivity index (χ1v) is 8.26. The molecular formula is C15H19ClN4S. The van der Waals surface area contributed by atoms with E-state index < -0.39 is 0 Å². The largest absolute Gasteiger partial charge is 0.404 e. The number of halogens is 1. The Bertz CT molecular complexity index is 819. The molecule has 0 aromatic carbocycles. The number of likely N-dealkylation sites (tertiary alicyclic amines) is 1. The Labute approximate surface area is 132 Å². The molecule has 0 saturated carbocycles. The number of nitrogens with zero attached hydrogens (tertiary/aromatic N) is 2. The molecule has 112 valence electrons. The van der Waals surface area contributed by atoms with Gasteiger partial charge in [-0.05, 0) is 32.3 Å². The van der Waals surface area contributed by atoms with E-state index >= 15 is 0 Å². The number of aryl methyl sites for hydroxylation is 2. The minimum atomic E-state index is 0.703. The lowest BCUT2D eigenvalue weighted by Gasteiger charge is -2.16. The highest BCUT2D eigenvalue weighted by Gasteiger charge is 2.17. The second-order valence-electron chi connectivity index (χ2n) is 5.41. The van der Waals surface area contributed by atoms with E-state index in [1.165, 1.54) is 12.8 Å². The van der Waals surface area contributed by atoms with Crippen molar-refractivity contribution in [3.8, 4) is 0 Å². The van der Waals surface area contributed by atoms with Gasteiger partial charge in [-0.25, -0.2) is 4.98 Å². The molecule has 6 heteroatoms. The third kappa shape index (κ3) is 2.24. The van der Waals surface area contributed by atoms with Crippen molar-refractivity contribution in [3.05, 3.63) is 26.0 Å². The van der Waals surface area contributed by atoms with Crippen molar-refractivity contribution >= 4 is 45.2 Å². The zero-order valence-corrected chi connectivity index (χ0v) is 13.8. The summed E-state index contributed by atoms with van der Waals surface area (Å²) in [4.78, 5) is 7.77. The number of nitrogens with two attached hydrogens (primary N) is 2. The summed E-state index contributed by atoms with van der Waals surface area (Å²) in [6.45, 7) is 5.95.